The number of nitrogens with one attached hydrogen (secondary N) is 2. The number of rotatable bonds is 6. The normalized spacial score (nSPS) is 32.2. The van der Waals surface area contributed by atoms with E-state index >= 15 is 0 Å². The summed E-state index contributed by atoms with van der Waals surface area (Å²) in [6.45, 7) is 7.18. The minimum Gasteiger partial charge on any atom is -0.356 e. The predicted octanol–water partition coefficient (Wildman–Crippen LogP) is 2.98. The van der Waals surface area contributed by atoms with Crippen molar-refractivity contribution in [2.75, 3.05) is 32.1 Å². The van der Waals surface area contributed by atoms with Crippen LogP contribution in [0.1, 0.15) is 51.5 Å². The summed E-state index contributed by atoms with van der Waals surface area (Å²) in [7, 11) is 4.20. The molecular formula is C21H34N4. The van der Waals surface area contributed by atoms with Gasteiger partial charge >= 0.3 is 0 Å². The standard InChI is InChI=1S/C21H34N4/c1-19(2,20-13-21(14-20,15-20)23-4)12-16-5-8-24-18(11-16)25-9-6-17(22-3)7-10-25/h5,8,11,17,22-23H,6-7,9-10,12-15H2,1-4H3. The molecule has 25 heavy (non-hydrogen) atoms. The summed E-state index contributed by atoms with van der Waals surface area (Å²) in [6, 6.07) is 5.24. The molecule has 138 valence electrons. The molecule has 4 aliphatic rings. The number of piperidine rings is 1. The van der Waals surface area contributed by atoms with Gasteiger partial charge in [-0.2, -0.15) is 0 Å². The third-order valence-electron chi connectivity index (χ3n) is 7.68. The zero-order valence-electron chi connectivity index (χ0n) is 16.4. The van der Waals surface area contributed by atoms with Crippen LogP contribution in [0.5, 0.6) is 0 Å². The van der Waals surface area contributed by atoms with Gasteiger partial charge < -0.3 is 15.5 Å². The molecule has 1 saturated heterocycles. The second kappa shape index (κ2) is 5.95. The fraction of sp³-hybridized carbons (Fsp3) is 0.762. The average molecular weight is 343 g/mol. The fourth-order valence-electron chi connectivity index (χ4n) is 5.61. The van der Waals surface area contributed by atoms with Crippen LogP contribution >= 0.6 is 0 Å². The molecule has 5 rings (SSSR count). The third-order valence-corrected chi connectivity index (χ3v) is 7.68. The first-order chi connectivity index (χ1) is 11.9. The molecule has 1 aromatic heterocycles. The van der Waals surface area contributed by atoms with Gasteiger partial charge in [0.2, 0.25) is 0 Å². The summed E-state index contributed by atoms with van der Waals surface area (Å²) in [5.74, 6) is 1.17. The van der Waals surface area contributed by atoms with E-state index in [2.05, 4.69) is 60.6 Å². The Balaban J connectivity index is 1.42. The Morgan fingerprint density at radius 3 is 2.48 bits per heavy atom. The van der Waals surface area contributed by atoms with Gasteiger partial charge in [0.25, 0.3) is 0 Å². The van der Waals surface area contributed by atoms with Crippen LogP contribution in [0.15, 0.2) is 18.3 Å². The number of aromatic nitrogens is 1. The molecule has 1 aromatic rings. The van der Waals surface area contributed by atoms with Gasteiger partial charge in [-0.05, 0) is 81.1 Å². The van der Waals surface area contributed by atoms with Crippen molar-refractivity contribution in [1.82, 2.24) is 15.6 Å². The van der Waals surface area contributed by atoms with E-state index in [1.807, 2.05) is 6.20 Å². The van der Waals surface area contributed by atoms with Gasteiger partial charge in [0, 0.05) is 30.9 Å². The molecule has 0 unspecified atom stereocenters. The summed E-state index contributed by atoms with van der Waals surface area (Å²) in [5.41, 5.74) is 2.86. The van der Waals surface area contributed by atoms with E-state index in [1.165, 1.54) is 43.5 Å². The van der Waals surface area contributed by atoms with E-state index in [9.17, 15) is 0 Å². The highest BCUT2D eigenvalue weighted by molar-refractivity contribution is 5.42. The smallest absolute Gasteiger partial charge is 0.128 e. The minimum atomic E-state index is 0.364. The van der Waals surface area contributed by atoms with Gasteiger partial charge in [-0.3, -0.25) is 0 Å². The molecule has 1 aliphatic heterocycles. The van der Waals surface area contributed by atoms with Crippen LogP contribution < -0.4 is 15.5 Å². The van der Waals surface area contributed by atoms with Crippen LogP contribution in [0.2, 0.25) is 0 Å². The summed E-state index contributed by atoms with van der Waals surface area (Å²) in [5, 5.41) is 6.95. The van der Waals surface area contributed by atoms with Crippen LogP contribution in [0.4, 0.5) is 5.82 Å². The van der Waals surface area contributed by atoms with Crippen molar-refractivity contribution < 1.29 is 0 Å². The maximum Gasteiger partial charge on any atom is 0.128 e. The van der Waals surface area contributed by atoms with Crippen LogP contribution in [0, 0.1) is 10.8 Å². The van der Waals surface area contributed by atoms with E-state index < -0.39 is 0 Å². The largest absolute Gasteiger partial charge is 0.356 e. The average Bonchev–Trinajstić information content (AvgIpc) is 2.52. The molecule has 4 fully saturated rings. The van der Waals surface area contributed by atoms with Gasteiger partial charge in [-0.25, -0.2) is 4.98 Å². The van der Waals surface area contributed by atoms with Gasteiger partial charge in [-0.15, -0.1) is 0 Å². The minimum absolute atomic E-state index is 0.364. The second-order valence-corrected chi connectivity index (χ2v) is 9.47. The van der Waals surface area contributed by atoms with E-state index in [0.717, 1.165) is 19.5 Å². The van der Waals surface area contributed by atoms with Gasteiger partial charge in [0.1, 0.15) is 5.82 Å². The molecule has 0 amide bonds. The topological polar surface area (TPSA) is 40.2 Å². The number of anilines is 1. The lowest BCUT2D eigenvalue weighted by atomic mass is 9.32. The number of nitrogens with zero attached hydrogens (tertiary/aromatic N) is 2. The summed E-state index contributed by atoms with van der Waals surface area (Å²) in [6.07, 6.45) is 9.68. The first-order valence-electron chi connectivity index (χ1n) is 9.97. The number of pyridine rings is 1. The molecule has 0 atom stereocenters. The molecule has 2 bridgehead atoms. The Hall–Kier alpha value is -1.13. The summed E-state index contributed by atoms with van der Waals surface area (Å²) >= 11 is 0. The van der Waals surface area contributed by atoms with Crippen molar-refractivity contribution in [3.05, 3.63) is 23.9 Å². The van der Waals surface area contributed by atoms with Crippen LogP contribution in [0.3, 0.4) is 0 Å². The van der Waals surface area contributed by atoms with Crippen molar-refractivity contribution in [1.29, 1.82) is 0 Å². The van der Waals surface area contributed by atoms with E-state index in [0.29, 0.717) is 22.4 Å². The first-order valence-corrected chi connectivity index (χ1v) is 9.97. The molecule has 4 heteroatoms. The Morgan fingerprint density at radius 2 is 1.88 bits per heavy atom. The predicted molar refractivity (Wildman–Crippen MR) is 104 cm³/mol. The highest BCUT2D eigenvalue weighted by atomic mass is 15.2. The molecular weight excluding hydrogens is 308 g/mol. The van der Waals surface area contributed by atoms with Crippen LogP contribution in [-0.2, 0) is 6.42 Å². The quantitative estimate of drug-likeness (QED) is 0.834. The fourth-order valence-corrected chi connectivity index (χ4v) is 5.61. The van der Waals surface area contributed by atoms with Crippen molar-refractivity contribution in [3.8, 4) is 0 Å². The molecule has 0 spiro atoms. The third kappa shape index (κ3) is 2.78. The number of hydrogen-bond donors (Lipinski definition) is 2. The number of hydrogen-bond acceptors (Lipinski definition) is 4. The lowest BCUT2D eigenvalue weighted by Crippen LogP contribution is -2.77. The molecule has 4 nitrogen and oxygen atoms in total. The zero-order chi connectivity index (χ0) is 17.7. The monoisotopic (exact) mass is 342 g/mol. The molecule has 0 radical (unpaired) electrons. The van der Waals surface area contributed by atoms with Crippen molar-refractivity contribution in [2.45, 2.75) is 64.0 Å². The first kappa shape index (κ1) is 17.3. The van der Waals surface area contributed by atoms with Crippen molar-refractivity contribution >= 4 is 5.82 Å². The van der Waals surface area contributed by atoms with E-state index in [4.69, 9.17) is 0 Å². The summed E-state index contributed by atoms with van der Waals surface area (Å²) in [4.78, 5) is 7.13. The van der Waals surface area contributed by atoms with E-state index in [1.54, 1.807) is 0 Å². The maximum atomic E-state index is 4.67. The summed E-state index contributed by atoms with van der Waals surface area (Å²) < 4.78 is 0. The SMILES string of the molecule is CNC1CCN(c2cc(CC(C)(C)C34CC(NC)(C3)C4)ccn2)CC1. The molecule has 3 aliphatic carbocycles. The Bertz CT molecular complexity index is 611. The van der Waals surface area contributed by atoms with Gasteiger partial charge in [0.05, 0.1) is 0 Å². The Labute approximate surface area is 152 Å². The molecule has 2 heterocycles. The molecule has 2 N–H and O–H groups in total. The Morgan fingerprint density at radius 1 is 1.20 bits per heavy atom. The highest BCUT2D eigenvalue weighted by Gasteiger charge is 2.71. The van der Waals surface area contributed by atoms with Crippen LogP contribution in [0.25, 0.3) is 0 Å². The lowest BCUT2D eigenvalue weighted by Gasteiger charge is -2.76. The van der Waals surface area contributed by atoms with Crippen LogP contribution in [-0.4, -0.2) is 43.7 Å². The van der Waals surface area contributed by atoms with Gasteiger partial charge in [-0.1, -0.05) is 13.8 Å². The second-order valence-electron chi connectivity index (χ2n) is 9.47. The highest BCUT2D eigenvalue weighted by Crippen LogP contribution is 2.74. The van der Waals surface area contributed by atoms with Crippen molar-refractivity contribution in [3.63, 3.8) is 0 Å². The zero-order valence-corrected chi connectivity index (χ0v) is 16.4. The molecule has 0 aromatic carbocycles. The van der Waals surface area contributed by atoms with E-state index in [-0.39, 0.29) is 0 Å². The van der Waals surface area contributed by atoms with Gasteiger partial charge in [0.15, 0.2) is 0 Å². The van der Waals surface area contributed by atoms with Crippen molar-refractivity contribution in [2.24, 2.45) is 10.8 Å². The lowest BCUT2D eigenvalue weighted by molar-refractivity contribution is -0.219. The molecule has 3 saturated carbocycles. The Kier molecular flexibility index (Phi) is 4.12. The maximum absolute atomic E-state index is 4.67.